The standard InChI is InChI=1S/C20H29NO4S/c1-20(2,3)25-19(22)21-13-16(14-21)15-9-11-18(12-10-15)26(23,24)17-7-5-4-6-8-17/h9-12,16-17H,4-8,13-14H2,1-3H3. The Labute approximate surface area is 156 Å². The van der Waals surface area contributed by atoms with Gasteiger partial charge in [0, 0.05) is 19.0 Å². The Kier molecular flexibility index (Phi) is 5.33. The van der Waals surface area contributed by atoms with Crippen LogP contribution in [-0.4, -0.2) is 43.4 Å². The number of nitrogens with zero attached hydrogens (tertiary/aromatic N) is 1. The maximum absolute atomic E-state index is 12.8. The Morgan fingerprint density at radius 2 is 1.62 bits per heavy atom. The Bertz CT molecular complexity index is 737. The molecule has 0 bridgehead atoms. The maximum Gasteiger partial charge on any atom is 0.410 e. The first-order valence-electron chi connectivity index (χ1n) is 9.48. The largest absolute Gasteiger partial charge is 0.444 e. The molecule has 5 nitrogen and oxygen atoms in total. The van der Waals surface area contributed by atoms with Crippen LogP contribution in [0.25, 0.3) is 0 Å². The van der Waals surface area contributed by atoms with Crippen molar-refractivity contribution in [3.8, 4) is 0 Å². The molecule has 0 atom stereocenters. The van der Waals surface area contributed by atoms with E-state index in [1.54, 1.807) is 17.0 Å². The molecule has 144 valence electrons. The topological polar surface area (TPSA) is 63.7 Å². The van der Waals surface area contributed by atoms with Gasteiger partial charge >= 0.3 is 6.09 Å². The van der Waals surface area contributed by atoms with Crippen molar-refractivity contribution in [2.75, 3.05) is 13.1 Å². The Morgan fingerprint density at radius 3 is 2.15 bits per heavy atom. The molecule has 1 saturated heterocycles. The van der Waals surface area contributed by atoms with Gasteiger partial charge in [0.2, 0.25) is 0 Å². The third kappa shape index (κ3) is 4.22. The van der Waals surface area contributed by atoms with Crippen LogP contribution in [0.5, 0.6) is 0 Å². The fourth-order valence-electron chi connectivity index (χ4n) is 3.66. The minimum Gasteiger partial charge on any atom is -0.444 e. The first-order valence-corrected chi connectivity index (χ1v) is 11.0. The van der Waals surface area contributed by atoms with E-state index < -0.39 is 15.4 Å². The summed E-state index contributed by atoms with van der Waals surface area (Å²) in [5, 5.41) is -0.228. The number of benzene rings is 1. The molecule has 1 aliphatic heterocycles. The van der Waals surface area contributed by atoms with Crippen LogP contribution >= 0.6 is 0 Å². The van der Waals surface area contributed by atoms with Gasteiger partial charge in [0.05, 0.1) is 10.1 Å². The third-order valence-corrected chi connectivity index (χ3v) is 7.48. The summed E-state index contributed by atoms with van der Waals surface area (Å²) in [5.74, 6) is 0.244. The molecule has 2 aliphatic rings. The Morgan fingerprint density at radius 1 is 1.04 bits per heavy atom. The number of likely N-dealkylation sites (tertiary alicyclic amines) is 1. The fourth-order valence-corrected chi connectivity index (χ4v) is 5.52. The zero-order valence-electron chi connectivity index (χ0n) is 15.9. The van der Waals surface area contributed by atoms with E-state index in [9.17, 15) is 13.2 Å². The highest BCUT2D eigenvalue weighted by molar-refractivity contribution is 7.92. The van der Waals surface area contributed by atoms with Gasteiger partial charge in [-0.3, -0.25) is 0 Å². The molecule has 0 aromatic heterocycles. The highest BCUT2D eigenvalue weighted by Crippen LogP contribution is 2.32. The molecule has 1 aromatic rings. The van der Waals surface area contributed by atoms with E-state index in [-0.39, 0.29) is 17.3 Å². The summed E-state index contributed by atoms with van der Waals surface area (Å²) in [4.78, 5) is 14.1. The molecule has 1 saturated carbocycles. The van der Waals surface area contributed by atoms with Crippen LogP contribution in [0.1, 0.15) is 64.4 Å². The number of amides is 1. The van der Waals surface area contributed by atoms with E-state index in [0.29, 0.717) is 18.0 Å². The lowest BCUT2D eigenvalue weighted by Gasteiger charge is -2.40. The molecule has 3 rings (SSSR count). The SMILES string of the molecule is CC(C)(C)OC(=O)N1CC(c2ccc(S(=O)(=O)C3CCCCC3)cc2)C1. The molecule has 1 aromatic carbocycles. The van der Waals surface area contributed by atoms with Crippen LogP contribution in [0.15, 0.2) is 29.2 Å². The molecule has 26 heavy (non-hydrogen) atoms. The van der Waals surface area contributed by atoms with E-state index in [1.807, 2.05) is 32.9 Å². The van der Waals surface area contributed by atoms with Gasteiger partial charge in [-0.2, -0.15) is 0 Å². The van der Waals surface area contributed by atoms with Crippen molar-refractivity contribution in [3.63, 3.8) is 0 Å². The highest BCUT2D eigenvalue weighted by atomic mass is 32.2. The first kappa shape index (κ1) is 19.2. The second kappa shape index (κ2) is 7.22. The van der Waals surface area contributed by atoms with Crippen LogP contribution in [0.4, 0.5) is 4.79 Å². The smallest absolute Gasteiger partial charge is 0.410 e. The van der Waals surface area contributed by atoms with E-state index in [4.69, 9.17) is 4.74 Å². The monoisotopic (exact) mass is 379 g/mol. The average Bonchev–Trinajstić information content (AvgIpc) is 2.53. The van der Waals surface area contributed by atoms with Crippen molar-refractivity contribution in [2.24, 2.45) is 0 Å². The molecule has 0 spiro atoms. The molecule has 6 heteroatoms. The second-order valence-electron chi connectivity index (χ2n) is 8.46. The van der Waals surface area contributed by atoms with Crippen molar-refractivity contribution in [1.82, 2.24) is 4.90 Å². The molecule has 1 heterocycles. The van der Waals surface area contributed by atoms with E-state index in [0.717, 1.165) is 37.7 Å². The second-order valence-corrected chi connectivity index (χ2v) is 10.7. The zero-order valence-corrected chi connectivity index (χ0v) is 16.7. The van der Waals surface area contributed by atoms with E-state index >= 15 is 0 Å². The molecule has 0 unspecified atom stereocenters. The molecule has 2 fully saturated rings. The van der Waals surface area contributed by atoms with Crippen LogP contribution in [0, 0.1) is 0 Å². The van der Waals surface area contributed by atoms with Gasteiger partial charge in [-0.1, -0.05) is 31.4 Å². The number of rotatable bonds is 3. The third-order valence-electron chi connectivity index (χ3n) is 5.20. The maximum atomic E-state index is 12.8. The summed E-state index contributed by atoms with van der Waals surface area (Å²) in [7, 11) is -3.22. The predicted octanol–water partition coefficient (Wildman–Crippen LogP) is 4.13. The lowest BCUT2D eigenvalue weighted by molar-refractivity contribution is 0.00819. The van der Waals surface area contributed by atoms with Crippen molar-refractivity contribution < 1.29 is 17.9 Å². The number of hydrogen-bond acceptors (Lipinski definition) is 4. The lowest BCUT2D eigenvalue weighted by Crippen LogP contribution is -2.50. The lowest BCUT2D eigenvalue weighted by atomic mass is 9.92. The number of carbonyl (C=O) groups is 1. The van der Waals surface area contributed by atoms with Gasteiger partial charge in [-0.15, -0.1) is 0 Å². The summed E-state index contributed by atoms with van der Waals surface area (Å²) >= 11 is 0. The van der Waals surface area contributed by atoms with Crippen LogP contribution in [0.3, 0.4) is 0 Å². The molecular formula is C20H29NO4S. The van der Waals surface area contributed by atoms with Crippen molar-refractivity contribution in [1.29, 1.82) is 0 Å². The van der Waals surface area contributed by atoms with Gasteiger partial charge in [-0.05, 0) is 51.3 Å². The van der Waals surface area contributed by atoms with Crippen LogP contribution < -0.4 is 0 Å². The molecule has 0 N–H and O–H groups in total. The van der Waals surface area contributed by atoms with E-state index in [2.05, 4.69) is 0 Å². The summed E-state index contributed by atoms with van der Waals surface area (Å²) in [6.45, 7) is 6.79. The molecular weight excluding hydrogens is 350 g/mol. The quantitative estimate of drug-likeness (QED) is 0.792. The molecule has 0 radical (unpaired) electrons. The zero-order chi connectivity index (χ0) is 18.9. The van der Waals surface area contributed by atoms with Crippen molar-refractivity contribution in [2.45, 2.75) is 74.5 Å². The normalized spacial score (nSPS) is 19.9. The first-order chi connectivity index (χ1) is 12.2. The van der Waals surface area contributed by atoms with Gasteiger partial charge < -0.3 is 9.64 Å². The van der Waals surface area contributed by atoms with Gasteiger partial charge in [0.1, 0.15) is 5.60 Å². The Hall–Kier alpha value is -1.56. The van der Waals surface area contributed by atoms with Crippen LogP contribution in [-0.2, 0) is 14.6 Å². The van der Waals surface area contributed by atoms with Gasteiger partial charge in [0.25, 0.3) is 0 Å². The number of hydrogen-bond donors (Lipinski definition) is 0. The number of carbonyl (C=O) groups excluding carboxylic acids is 1. The van der Waals surface area contributed by atoms with E-state index in [1.165, 1.54) is 0 Å². The average molecular weight is 380 g/mol. The number of ether oxygens (including phenoxy) is 1. The summed E-state index contributed by atoms with van der Waals surface area (Å²) in [6.07, 6.45) is 4.41. The minimum absolute atomic E-state index is 0.228. The van der Waals surface area contributed by atoms with Crippen molar-refractivity contribution in [3.05, 3.63) is 29.8 Å². The summed E-state index contributed by atoms with van der Waals surface area (Å²) in [6, 6.07) is 7.25. The van der Waals surface area contributed by atoms with Crippen molar-refractivity contribution >= 4 is 15.9 Å². The molecule has 1 aliphatic carbocycles. The molecule has 1 amide bonds. The minimum atomic E-state index is -3.22. The van der Waals surface area contributed by atoms with Crippen LogP contribution in [0.2, 0.25) is 0 Å². The van der Waals surface area contributed by atoms with Gasteiger partial charge in [-0.25, -0.2) is 13.2 Å². The summed E-state index contributed by atoms with van der Waals surface area (Å²) in [5.41, 5.74) is 0.588. The highest BCUT2D eigenvalue weighted by Gasteiger charge is 2.35. The summed E-state index contributed by atoms with van der Waals surface area (Å²) < 4.78 is 30.9. The Balaban J connectivity index is 1.60. The number of sulfone groups is 1. The predicted molar refractivity (Wildman–Crippen MR) is 101 cm³/mol. The fraction of sp³-hybridized carbons (Fsp3) is 0.650. The van der Waals surface area contributed by atoms with Gasteiger partial charge in [0.15, 0.2) is 9.84 Å².